The van der Waals surface area contributed by atoms with Crippen LogP contribution in [-0.2, 0) is 9.59 Å². The van der Waals surface area contributed by atoms with E-state index in [1.807, 2.05) is 41.3 Å². The summed E-state index contributed by atoms with van der Waals surface area (Å²) in [6, 6.07) is 15.2. The summed E-state index contributed by atoms with van der Waals surface area (Å²) < 4.78 is 0. The van der Waals surface area contributed by atoms with Crippen molar-refractivity contribution in [2.24, 2.45) is 0 Å². The summed E-state index contributed by atoms with van der Waals surface area (Å²) in [5.41, 5.74) is 3.68. The van der Waals surface area contributed by atoms with E-state index < -0.39 is 0 Å². The summed E-state index contributed by atoms with van der Waals surface area (Å²) in [6.45, 7) is 9.98. The minimum absolute atomic E-state index is 0.119. The van der Waals surface area contributed by atoms with Crippen molar-refractivity contribution in [1.82, 2.24) is 14.9 Å². The van der Waals surface area contributed by atoms with Gasteiger partial charge in [0.05, 0.1) is 6.20 Å². The van der Waals surface area contributed by atoms with Crippen LogP contribution >= 0.6 is 11.6 Å². The third-order valence-corrected chi connectivity index (χ3v) is 6.01. The summed E-state index contributed by atoms with van der Waals surface area (Å²) in [6.07, 6.45) is 1.52. The quantitative estimate of drug-likeness (QED) is 0.396. The monoisotopic (exact) mass is 505 g/mol. The maximum absolute atomic E-state index is 11.9. The Balaban J connectivity index is 1.41. The van der Waals surface area contributed by atoms with Crippen molar-refractivity contribution in [2.75, 3.05) is 47.0 Å². The van der Waals surface area contributed by atoms with Crippen molar-refractivity contribution < 1.29 is 9.59 Å². The summed E-state index contributed by atoms with van der Waals surface area (Å²) in [5.74, 6) is 0.685. The lowest BCUT2D eigenvalue weighted by molar-refractivity contribution is -0.129. The van der Waals surface area contributed by atoms with E-state index in [4.69, 9.17) is 11.6 Å². The van der Waals surface area contributed by atoms with Crippen LogP contribution in [0.25, 0.3) is 0 Å². The molecule has 2 heterocycles. The smallest absolute Gasteiger partial charge is 0.250 e. The van der Waals surface area contributed by atoms with Crippen molar-refractivity contribution in [1.29, 1.82) is 0 Å². The van der Waals surface area contributed by atoms with Gasteiger partial charge in [0.25, 0.3) is 5.91 Å². The number of hydrogen-bond donors (Lipinski definition) is 3. The van der Waals surface area contributed by atoms with Crippen molar-refractivity contribution in [3.63, 3.8) is 0 Å². The Kier molecular flexibility index (Phi) is 7.70. The molecule has 0 atom stereocenters. The highest BCUT2D eigenvalue weighted by molar-refractivity contribution is 6.32. The first-order valence-corrected chi connectivity index (χ1v) is 11.9. The molecule has 1 aliphatic rings. The van der Waals surface area contributed by atoms with E-state index in [-0.39, 0.29) is 11.8 Å². The zero-order valence-electron chi connectivity index (χ0n) is 20.2. The Morgan fingerprint density at radius 3 is 2.31 bits per heavy atom. The number of hydrogen-bond acceptors (Lipinski definition) is 7. The van der Waals surface area contributed by atoms with Gasteiger partial charge < -0.3 is 25.8 Å². The van der Waals surface area contributed by atoms with E-state index in [2.05, 4.69) is 37.4 Å². The molecule has 9 nitrogen and oxygen atoms in total. The normalized spacial score (nSPS) is 13.2. The fourth-order valence-corrected chi connectivity index (χ4v) is 3.87. The average molecular weight is 506 g/mol. The topological polar surface area (TPSA) is 102 Å². The molecule has 0 saturated carbocycles. The van der Waals surface area contributed by atoms with Gasteiger partial charge >= 0.3 is 0 Å². The molecule has 10 heteroatoms. The van der Waals surface area contributed by atoms with Gasteiger partial charge in [-0.15, -0.1) is 0 Å². The van der Waals surface area contributed by atoms with Crippen LogP contribution in [-0.4, -0.2) is 52.9 Å². The highest BCUT2D eigenvalue weighted by Gasteiger charge is 2.18. The molecule has 0 unspecified atom stereocenters. The van der Waals surface area contributed by atoms with Crippen molar-refractivity contribution in [3.8, 4) is 0 Å². The molecule has 1 saturated heterocycles. The van der Waals surface area contributed by atoms with Crippen LogP contribution in [0.5, 0.6) is 0 Å². The van der Waals surface area contributed by atoms with Gasteiger partial charge in [-0.3, -0.25) is 9.59 Å². The fourth-order valence-electron chi connectivity index (χ4n) is 3.73. The van der Waals surface area contributed by atoms with Gasteiger partial charge in [0.1, 0.15) is 5.02 Å². The molecule has 0 aliphatic carbocycles. The zero-order valence-corrected chi connectivity index (χ0v) is 21.0. The molecular formula is C26H28ClN7O2. The van der Waals surface area contributed by atoms with E-state index in [0.29, 0.717) is 33.7 Å². The Morgan fingerprint density at radius 1 is 0.944 bits per heavy atom. The number of aromatic nitrogens is 2. The van der Waals surface area contributed by atoms with Crippen LogP contribution in [0.15, 0.2) is 66.9 Å². The second-order valence-electron chi connectivity index (χ2n) is 8.50. The number of piperazine rings is 1. The number of anilines is 6. The van der Waals surface area contributed by atoms with Crippen molar-refractivity contribution in [2.45, 2.75) is 13.8 Å². The van der Waals surface area contributed by atoms with Crippen molar-refractivity contribution >= 4 is 57.9 Å². The van der Waals surface area contributed by atoms with Crippen LogP contribution in [0, 0.1) is 0 Å². The van der Waals surface area contributed by atoms with Crippen LogP contribution < -0.4 is 20.9 Å². The Bertz CT molecular complexity index is 1270. The first kappa shape index (κ1) is 25.0. The number of benzene rings is 2. The predicted octanol–water partition coefficient (Wildman–Crippen LogP) is 4.80. The molecule has 2 amide bonds. The van der Waals surface area contributed by atoms with E-state index in [9.17, 15) is 9.59 Å². The van der Waals surface area contributed by atoms with Crippen molar-refractivity contribution in [3.05, 3.63) is 71.9 Å². The number of carbonyl (C=O) groups excluding carboxylic acids is 2. The van der Waals surface area contributed by atoms with Gasteiger partial charge in [-0.2, -0.15) is 4.98 Å². The zero-order chi connectivity index (χ0) is 25.7. The van der Waals surface area contributed by atoms with Gasteiger partial charge in [-0.05, 0) is 49.4 Å². The second kappa shape index (κ2) is 11.1. The lowest BCUT2D eigenvalue weighted by Gasteiger charge is -2.35. The number of nitrogens with zero attached hydrogens (tertiary/aromatic N) is 4. The first-order chi connectivity index (χ1) is 17.3. The maximum Gasteiger partial charge on any atom is 0.250 e. The molecule has 0 spiro atoms. The van der Waals surface area contributed by atoms with E-state index in [1.54, 1.807) is 26.0 Å². The highest BCUT2D eigenvalue weighted by atomic mass is 35.5. The molecule has 1 aromatic heterocycles. The largest absolute Gasteiger partial charge is 0.368 e. The van der Waals surface area contributed by atoms with Crippen LogP contribution in [0.1, 0.15) is 13.8 Å². The molecule has 186 valence electrons. The molecule has 3 aromatic rings. The van der Waals surface area contributed by atoms with E-state index >= 15 is 0 Å². The van der Waals surface area contributed by atoms with Gasteiger partial charge in [-0.1, -0.05) is 24.2 Å². The number of rotatable bonds is 7. The molecule has 4 rings (SSSR count). The number of carbonyl (C=O) groups is 2. The van der Waals surface area contributed by atoms with Gasteiger partial charge in [0, 0.05) is 61.4 Å². The van der Waals surface area contributed by atoms with Gasteiger partial charge in [-0.25, -0.2) is 4.98 Å². The fraction of sp³-hybridized carbons (Fsp3) is 0.231. The van der Waals surface area contributed by atoms with Gasteiger partial charge in [0.2, 0.25) is 11.9 Å². The number of amides is 2. The molecule has 0 radical (unpaired) electrons. The molecule has 36 heavy (non-hydrogen) atoms. The molecule has 2 aromatic carbocycles. The lowest BCUT2D eigenvalue weighted by Crippen LogP contribution is -2.48. The average Bonchev–Trinajstić information content (AvgIpc) is 2.87. The summed E-state index contributed by atoms with van der Waals surface area (Å²) in [7, 11) is 0. The Hall–Kier alpha value is -4.11. The predicted molar refractivity (Wildman–Crippen MR) is 144 cm³/mol. The molecule has 3 N–H and O–H groups in total. The standard InChI is InChI=1S/C26H28ClN7O2/c1-17(2)25(36)30-21-6-4-5-20(15-21)29-24-23(27)16-28-26(32-24)31-19-7-9-22(10-8-19)34-13-11-33(12-14-34)18(3)35/h4-10,15-16H,1,11-14H2,2-3H3,(H,30,36)(H2,28,29,31,32). The Labute approximate surface area is 215 Å². The minimum Gasteiger partial charge on any atom is -0.368 e. The molecule has 0 bridgehead atoms. The summed E-state index contributed by atoms with van der Waals surface area (Å²) >= 11 is 6.32. The van der Waals surface area contributed by atoms with Gasteiger partial charge in [0.15, 0.2) is 5.82 Å². The molecule has 1 aliphatic heterocycles. The maximum atomic E-state index is 11.9. The van der Waals surface area contributed by atoms with Crippen LogP contribution in [0.4, 0.5) is 34.5 Å². The highest BCUT2D eigenvalue weighted by Crippen LogP contribution is 2.27. The van der Waals surface area contributed by atoms with Crippen LogP contribution in [0.3, 0.4) is 0 Å². The van der Waals surface area contributed by atoms with E-state index in [1.165, 1.54) is 6.20 Å². The first-order valence-electron chi connectivity index (χ1n) is 11.5. The minimum atomic E-state index is -0.247. The molecule has 1 fully saturated rings. The second-order valence-corrected chi connectivity index (χ2v) is 8.90. The van der Waals surface area contributed by atoms with E-state index in [0.717, 1.165) is 37.6 Å². The number of nitrogens with one attached hydrogen (secondary N) is 3. The lowest BCUT2D eigenvalue weighted by atomic mass is 10.2. The number of halogens is 1. The summed E-state index contributed by atoms with van der Waals surface area (Å²) in [5, 5.41) is 9.52. The third kappa shape index (κ3) is 6.31. The SMILES string of the molecule is C=C(C)C(=O)Nc1cccc(Nc2nc(Nc3ccc(N4CCN(C(C)=O)CC4)cc3)ncc2Cl)c1. The third-order valence-electron chi connectivity index (χ3n) is 5.73. The summed E-state index contributed by atoms with van der Waals surface area (Å²) in [4.78, 5) is 36.4. The Morgan fingerprint density at radius 2 is 1.64 bits per heavy atom. The van der Waals surface area contributed by atoms with Crippen LogP contribution in [0.2, 0.25) is 5.02 Å². The molecular weight excluding hydrogens is 478 g/mol.